The average Bonchev–Trinajstić information content (AvgIpc) is 3.37. The van der Waals surface area contributed by atoms with Crippen molar-refractivity contribution in [2.75, 3.05) is 0 Å². The van der Waals surface area contributed by atoms with E-state index < -0.39 is 0 Å². The normalized spacial score (nSPS) is 20.0. The van der Waals surface area contributed by atoms with Crippen LogP contribution in [0.25, 0.3) is 5.82 Å². The topological polar surface area (TPSA) is 108 Å². The van der Waals surface area contributed by atoms with Crippen molar-refractivity contribution in [3.8, 4) is 5.82 Å². The van der Waals surface area contributed by atoms with Crippen LogP contribution >= 0.6 is 11.3 Å². The molecule has 26 heavy (non-hydrogen) atoms. The van der Waals surface area contributed by atoms with Crippen molar-refractivity contribution >= 4 is 17.2 Å². The number of rotatable bonds is 4. The summed E-state index contributed by atoms with van der Waals surface area (Å²) in [5, 5.41) is 13.2. The molecule has 1 amide bonds. The number of carbonyl (C=O) groups excluding carboxylic acids is 1. The lowest BCUT2D eigenvalue weighted by molar-refractivity contribution is 0.0917. The molecular weight excluding hydrogens is 354 g/mol. The molecule has 0 spiro atoms. The van der Waals surface area contributed by atoms with Crippen LogP contribution in [-0.4, -0.2) is 41.5 Å². The molecule has 0 unspecified atom stereocenters. The molecule has 0 radical (unpaired) electrons. The monoisotopic (exact) mass is 371 g/mol. The number of hydrogen-bond acceptors (Lipinski definition) is 7. The second-order valence-electron chi connectivity index (χ2n) is 6.17. The first kappa shape index (κ1) is 16.6. The van der Waals surface area contributed by atoms with E-state index in [4.69, 9.17) is 0 Å². The second-order valence-corrected chi connectivity index (χ2v) is 6.89. The molecule has 4 rings (SSSR count). The minimum Gasteiger partial charge on any atom is -0.348 e. The molecule has 0 aliphatic heterocycles. The number of nitrogens with one attached hydrogen (secondary N) is 1. The SMILES string of the molecule is O=C(NC1CCC(n2nc(-n3cncn3)ccc2=O)CC1)c1cscn1. The summed E-state index contributed by atoms with van der Waals surface area (Å²) in [6, 6.07) is 3.24. The average molecular weight is 371 g/mol. The van der Waals surface area contributed by atoms with Gasteiger partial charge in [0.05, 0.1) is 11.6 Å². The first-order valence-corrected chi connectivity index (χ1v) is 9.29. The van der Waals surface area contributed by atoms with Gasteiger partial charge in [0.1, 0.15) is 18.3 Å². The Morgan fingerprint density at radius 2 is 2.08 bits per heavy atom. The molecule has 134 valence electrons. The van der Waals surface area contributed by atoms with E-state index in [1.54, 1.807) is 23.3 Å². The Balaban J connectivity index is 1.42. The van der Waals surface area contributed by atoms with E-state index in [1.807, 2.05) is 0 Å². The van der Waals surface area contributed by atoms with E-state index in [0.29, 0.717) is 11.5 Å². The first-order valence-electron chi connectivity index (χ1n) is 8.34. The molecule has 1 fully saturated rings. The Kier molecular flexibility index (Phi) is 4.57. The Morgan fingerprint density at radius 3 is 2.77 bits per heavy atom. The van der Waals surface area contributed by atoms with Gasteiger partial charge in [-0.15, -0.1) is 16.4 Å². The summed E-state index contributed by atoms with van der Waals surface area (Å²) in [5.41, 5.74) is 1.96. The van der Waals surface area contributed by atoms with Gasteiger partial charge in [0.15, 0.2) is 5.82 Å². The van der Waals surface area contributed by atoms with E-state index in [-0.39, 0.29) is 23.6 Å². The fourth-order valence-corrected chi connectivity index (χ4v) is 3.71. The van der Waals surface area contributed by atoms with E-state index in [0.717, 1.165) is 25.7 Å². The maximum Gasteiger partial charge on any atom is 0.270 e. The van der Waals surface area contributed by atoms with Crippen LogP contribution in [0.15, 0.2) is 40.5 Å². The number of carbonyl (C=O) groups is 1. The number of thiazole rings is 1. The molecule has 3 heterocycles. The van der Waals surface area contributed by atoms with E-state index in [2.05, 4.69) is 25.5 Å². The third kappa shape index (κ3) is 3.40. The number of hydrogen-bond donors (Lipinski definition) is 1. The Bertz CT molecular complexity index is 928. The highest BCUT2D eigenvalue weighted by atomic mass is 32.1. The van der Waals surface area contributed by atoms with Gasteiger partial charge in [-0.2, -0.15) is 5.10 Å². The van der Waals surface area contributed by atoms with Crippen LogP contribution in [0.4, 0.5) is 0 Å². The summed E-state index contributed by atoms with van der Waals surface area (Å²) in [7, 11) is 0. The molecule has 1 aliphatic carbocycles. The zero-order chi connectivity index (χ0) is 17.9. The summed E-state index contributed by atoms with van der Waals surface area (Å²) >= 11 is 1.40. The lowest BCUT2D eigenvalue weighted by Gasteiger charge is -2.29. The van der Waals surface area contributed by atoms with Gasteiger partial charge in [-0.1, -0.05) is 0 Å². The molecular formula is C16H17N7O2S. The largest absolute Gasteiger partial charge is 0.348 e. The maximum absolute atomic E-state index is 12.2. The fraction of sp³-hybridized carbons (Fsp3) is 0.375. The van der Waals surface area contributed by atoms with E-state index in [1.165, 1.54) is 33.1 Å². The van der Waals surface area contributed by atoms with Gasteiger partial charge < -0.3 is 5.32 Å². The molecule has 1 aliphatic rings. The second kappa shape index (κ2) is 7.16. The number of amides is 1. The Hall–Kier alpha value is -2.88. The van der Waals surface area contributed by atoms with Crippen molar-refractivity contribution in [3.63, 3.8) is 0 Å². The van der Waals surface area contributed by atoms with Crippen LogP contribution in [0.2, 0.25) is 0 Å². The molecule has 9 nitrogen and oxygen atoms in total. The predicted molar refractivity (Wildman–Crippen MR) is 94.3 cm³/mol. The summed E-state index contributed by atoms with van der Waals surface area (Å²) in [6.45, 7) is 0. The van der Waals surface area contributed by atoms with Crippen molar-refractivity contribution in [1.82, 2.24) is 34.8 Å². The van der Waals surface area contributed by atoms with Crippen LogP contribution in [-0.2, 0) is 0 Å². The van der Waals surface area contributed by atoms with Crippen LogP contribution in [0.5, 0.6) is 0 Å². The van der Waals surface area contributed by atoms with Gasteiger partial charge in [0, 0.05) is 17.5 Å². The van der Waals surface area contributed by atoms with Crippen molar-refractivity contribution in [2.45, 2.75) is 37.8 Å². The van der Waals surface area contributed by atoms with E-state index >= 15 is 0 Å². The van der Waals surface area contributed by atoms with Crippen molar-refractivity contribution in [3.05, 3.63) is 51.7 Å². The van der Waals surface area contributed by atoms with Crippen molar-refractivity contribution in [1.29, 1.82) is 0 Å². The van der Waals surface area contributed by atoms with Crippen LogP contribution in [0, 0.1) is 0 Å². The van der Waals surface area contributed by atoms with E-state index in [9.17, 15) is 9.59 Å². The smallest absolute Gasteiger partial charge is 0.270 e. The summed E-state index contributed by atoms with van der Waals surface area (Å²) in [5.74, 6) is 0.416. The van der Waals surface area contributed by atoms with Gasteiger partial charge in [0.25, 0.3) is 11.5 Å². The van der Waals surface area contributed by atoms with Gasteiger partial charge in [0.2, 0.25) is 0 Å². The zero-order valence-electron chi connectivity index (χ0n) is 13.9. The first-order chi connectivity index (χ1) is 12.7. The third-order valence-electron chi connectivity index (χ3n) is 4.51. The van der Waals surface area contributed by atoms with Gasteiger partial charge >= 0.3 is 0 Å². The molecule has 0 saturated heterocycles. The standard InChI is InChI=1S/C16H17N7O2S/c24-15-6-5-14(22-9-17-8-19-22)21-23(15)12-3-1-11(2-4-12)20-16(25)13-7-26-10-18-13/h5-12H,1-4H2,(H,20,25). The third-order valence-corrected chi connectivity index (χ3v) is 5.09. The van der Waals surface area contributed by atoms with Crippen LogP contribution in [0.1, 0.15) is 42.2 Å². The summed E-state index contributed by atoms with van der Waals surface area (Å²) in [4.78, 5) is 32.3. The summed E-state index contributed by atoms with van der Waals surface area (Å²) < 4.78 is 3.05. The van der Waals surface area contributed by atoms with Crippen molar-refractivity contribution < 1.29 is 4.79 Å². The Morgan fingerprint density at radius 1 is 1.23 bits per heavy atom. The number of nitrogens with zero attached hydrogens (tertiary/aromatic N) is 6. The molecule has 3 aromatic heterocycles. The fourth-order valence-electron chi connectivity index (χ4n) is 3.17. The van der Waals surface area contributed by atoms with Gasteiger partial charge in [-0.05, 0) is 31.7 Å². The molecule has 0 atom stereocenters. The lowest BCUT2D eigenvalue weighted by atomic mass is 9.91. The summed E-state index contributed by atoms with van der Waals surface area (Å²) in [6.07, 6.45) is 6.10. The minimum atomic E-state index is -0.141. The molecule has 1 saturated carbocycles. The quantitative estimate of drug-likeness (QED) is 0.738. The number of aromatic nitrogens is 6. The predicted octanol–water partition coefficient (Wildman–Crippen LogP) is 1.19. The minimum absolute atomic E-state index is 0.0124. The molecule has 3 aromatic rings. The Labute approximate surface area is 152 Å². The lowest BCUT2D eigenvalue weighted by Crippen LogP contribution is -2.39. The highest BCUT2D eigenvalue weighted by Gasteiger charge is 2.25. The zero-order valence-corrected chi connectivity index (χ0v) is 14.7. The highest BCUT2D eigenvalue weighted by Crippen LogP contribution is 2.27. The van der Waals surface area contributed by atoms with Crippen molar-refractivity contribution in [2.24, 2.45) is 0 Å². The maximum atomic E-state index is 12.2. The molecule has 10 heteroatoms. The highest BCUT2D eigenvalue weighted by molar-refractivity contribution is 7.07. The molecule has 1 N–H and O–H groups in total. The van der Waals surface area contributed by atoms with Gasteiger partial charge in [-0.3, -0.25) is 9.59 Å². The molecule has 0 bridgehead atoms. The van der Waals surface area contributed by atoms with Gasteiger partial charge in [-0.25, -0.2) is 19.3 Å². The van der Waals surface area contributed by atoms with Crippen LogP contribution in [0.3, 0.4) is 0 Å². The molecule has 0 aromatic carbocycles. The van der Waals surface area contributed by atoms with Crippen LogP contribution < -0.4 is 10.9 Å².